The second-order valence-corrected chi connectivity index (χ2v) is 7.84. The van der Waals surface area contributed by atoms with Crippen LogP contribution in [0.25, 0.3) is 0 Å². The third-order valence-corrected chi connectivity index (χ3v) is 4.74. The van der Waals surface area contributed by atoms with Gasteiger partial charge in [0, 0.05) is 0 Å². The summed E-state index contributed by atoms with van der Waals surface area (Å²) in [5.74, 6) is 2.57. The second kappa shape index (κ2) is 14.8. The van der Waals surface area contributed by atoms with Crippen LogP contribution in [0.5, 0.6) is 0 Å². The minimum Gasteiger partial charge on any atom is -0.464 e. The molecule has 0 amide bonds. The molecular formula is C21H40O2. The molecule has 0 fully saturated rings. The first-order valence-corrected chi connectivity index (χ1v) is 9.66. The standard InChI is InChI=1S/C21H40O2/c1-18(2)9-6-10-19(3)11-7-12-20(4)13-8-14-21(5)15-16-23-17-22/h15,17-20H,6-14,16H2,1-5H3/b21-15-. The van der Waals surface area contributed by atoms with Gasteiger partial charge in [0.15, 0.2) is 0 Å². The fourth-order valence-corrected chi connectivity index (χ4v) is 3.04. The van der Waals surface area contributed by atoms with E-state index >= 15 is 0 Å². The van der Waals surface area contributed by atoms with E-state index in [1.165, 1.54) is 56.9 Å². The van der Waals surface area contributed by atoms with E-state index in [0.29, 0.717) is 13.1 Å². The third kappa shape index (κ3) is 15.9. The lowest BCUT2D eigenvalue weighted by Crippen LogP contribution is -2.00. The summed E-state index contributed by atoms with van der Waals surface area (Å²) < 4.78 is 4.69. The summed E-state index contributed by atoms with van der Waals surface area (Å²) in [6.45, 7) is 12.5. The summed E-state index contributed by atoms with van der Waals surface area (Å²) in [4.78, 5) is 10.1. The van der Waals surface area contributed by atoms with Crippen LogP contribution in [0.15, 0.2) is 11.6 Å². The molecule has 0 radical (unpaired) electrons. The van der Waals surface area contributed by atoms with Gasteiger partial charge in [-0.2, -0.15) is 0 Å². The van der Waals surface area contributed by atoms with Gasteiger partial charge in [0.1, 0.15) is 6.61 Å². The van der Waals surface area contributed by atoms with Crippen LogP contribution in [0.1, 0.15) is 92.4 Å². The molecular weight excluding hydrogens is 284 g/mol. The Hall–Kier alpha value is -0.790. The summed E-state index contributed by atoms with van der Waals surface area (Å²) in [6, 6.07) is 0. The van der Waals surface area contributed by atoms with Gasteiger partial charge < -0.3 is 4.74 Å². The van der Waals surface area contributed by atoms with Crippen LogP contribution in [0.2, 0.25) is 0 Å². The predicted octanol–water partition coefficient (Wildman–Crippen LogP) is 6.54. The summed E-state index contributed by atoms with van der Waals surface area (Å²) in [7, 11) is 0. The number of allylic oxidation sites excluding steroid dienone is 1. The number of hydrogen-bond donors (Lipinski definition) is 0. The molecule has 0 aliphatic heterocycles. The van der Waals surface area contributed by atoms with Crippen molar-refractivity contribution in [2.24, 2.45) is 17.8 Å². The Morgan fingerprint density at radius 2 is 1.39 bits per heavy atom. The molecule has 0 aromatic rings. The highest BCUT2D eigenvalue weighted by atomic mass is 16.5. The van der Waals surface area contributed by atoms with Crippen molar-refractivity contribution in [2.75, 3.05) is 6.61 Å². The highest BCUT2D eigenvalue weighted by Crippen LogP contribution is 2.21. The van der Waals surface area contributed by atoms with Gasteiger partial charge in [-0.15, -0.1) is 0 Å². The number of rotatable bonds is 15. The lowest BCUT2D eigenvalue weighted by molar-refractivity contribution is -0.127. The van der Waals surface area contributed by atoms with Gasteiger partial charge in [-0.1, -0.05) is 78.2 Å². The van der Waals surface area contributed by atoms with Crippen molar-refractivity contribution >= 4 is 6.47 Å². The number of ether oxygens (including phenoxy) is 1. The molecule has 0 saturated heterocycles. The van der Waals surface area contributed by atoms with Crippen molar-refractivity contribution in [1.82, 2.24) is 0 Å². The van der Waals surface area contributed by atoms with Gasteiger partial charge in [0.25, 0.3) is 6.47 Å². The van der Waals surface area contributed by atoms with Crippen molar-refractivity contribution in [3.8, 4) is 0 Å². The van der Waals surface area contributed by atoms with Gasteiger partial charge in [0.05, 0.1) is 0 Å². The topological polar surface area (TPSA) is 26.3 Å². The summed E-state index contributed by atoms with van der Waals surface area (Å²) in [5.41, 5.74) is 1.33. The molecule has 0 rings (SSSR count). The molecule has 136 valence electrons. The maximum Gasteiger partial charge on any atom is 0.293 e. The normalized spacial score (nSPS) is 14.8. The van der Waals surface area contributed by atoms with Crippen LogP contribution in [-0.2, 0) is 9.53 Å². The summed E-state index contributed by atoms with van der Waals surface area (Å²) in [5, 5.41) is 0. The first-order valence-electron chi connectivity index (χ1n) is 9.66. The molecule has 2 nitrogen and oxygen atoms in total. The quantitative estimate of drug-likeness (QED) is 0.194. The maximum absolute atomic E-state index is 10.1. The van der Waals surface area contributed by atoms with E-state index in [2.05, 4.69) is 34.6 Å². The van der Waals surface area contributed by atoms with Crippen molar-refractivity contribution in [3.05, 3.63) is 11.6 Å². The maximum atomic E-state index is 10.1. The largest absolute Gasteiger partial charge is 0.464 e. The van der Waals surface area contributed by atoms with Gasteiger partial charge in [-0.3, -0.25) is 4.79 Å². The van der Waals surface area contributed by atoms with E-state index in [1.807, 2.05) is 6.08 Å². The second-order valence-electron chi connectivity index (χ2n) is 7.84. The monoisotopic (exact) mass is 324 g/mol. The molecule has 2 heteroatoms. The van der Waals surface area contributed by atoms with Crippen LogP contribution >= 0.6 is 0 Å². The van der Waals surface area contributed by atoms with Gasteiger partial charge in [-0.25, -0.2) is 0 Å². The number of hydrogen-bond acceptors (Lipinski definition) is 2. The number of carbonyl (C=O) groups is 1. The van der Waals surface area contributed by atoms with Crippen molar-refractivity contribution < 1.29 is 9.53 Å². The molecule has 0 heterocycles. The van der Waals surface area contributed by atoms with Crippen LogP contribution in [0.3, 0.4) is 0 Å². The minimum absolute atomic E-state index is 0.416. The summed E-state index contributed by atoms with van der Waals surface area (Å²) in [6.07, 6.45) is 14.0. The zero-order valence-electron chi connectivity index (χ0n) is 16.3. The molecule has 0 bridgehead atoms. The lowest BCUT2D eigenvalue weighted by Gasteiger charge is -2.15. The average molecular weight is 325 g/mol. The van der Waals surface area contributed by atoms with E-state index in [0.717, 1.165) is 24.2 Å². The minimum atomic E-state index is 0.416. The first kappa shape index (κ1) is 22.2. The van der Waals surface area contributed by atoms with E-state index in [9.17, 15) is 4.79 Å². The van der Waals surface area contributed by atoms with Crippen molar-refractivity contribution in [1.29, 1.82) is 0 Å². The Balaban J connectivity index is 3.57. The average Bonchev–Trinajstić information content (AvgIpc) is 2.47. The van der Waals surface area contributed by atoms with Crippen LogP contribution in [0, 0.1) is 17.8 Å². The molecule has 0 aromatic heterocycles. The Labute approximate surface area is 145 Å². The van der Waals surface area contributed by atoms with Gasteiger partial charge in [0.2, 0.25) is 0 Å². The Morgan fingerprint density at radius 1 is 0.870 bits per heavy atom. The van der Waals surface area contributed by atoms with Crippen LogP contribution in [0.4, 0.5) is 0 Å². The van der Waals surface area contributed by atoms with Gasteiger partial charge in [-0.05, 0) is 43.6 Å². The molecule has 2 unspecified atom stereocenters. The zero-order valence-corrected chi connectivity index (χ0v) is 16.3. The molecule has 0 saturated carbocycles. The molecule has 0 spiro atoms. The van der Waals surface area contributed by atoms with Crippen molar-refractivity contribution in [2.45, 2.75) is 92.4 Å². The van der Waals surface area contributed by atoms with Crippen LogP contribution in [-0.4, -0.2) is 13.1 Å². The molecule has 0 N–H and O–H groups in total. The van der Waals surface area contributed by atoms with Crippen molar-refractivity contribution in [3.63, 3.8) is 0 Å². The summed E-state index contributed by atoms with van der Waals surface area (Å²) >= 11 is 0. The smallest absolute Gasteiger partial charge is 0.293 e. The van der Waals surface area contributed by atoms with E-state index in [-0.39, 0.29) is 0 Å². The Kier molecular flexibility index (Phi) is 14.3. The molecule has 0 aromatic carbocycles. The third-order valence-electron chi connectivity index (χ3n) is 4.74. The van der Waals surface area contributed by atoms with E-state index in [1.54, 1.807) is 0 Å². The first-order chi connectivity index (χ1) is 11.0. The fraction of sp³-hybridized carbons (Fsp3) is 0.857. The highest BCUT2D eigenvalue weighted by molar-refractivity contribution is 5.37. The highest BCUT2D eigenvalue weighted by Gasteiger charge is 2.06. The van der Waals surface area contributed by atoms with E-state index in [4.69, 9.17) is 4.74 Å². The Morgan fingerprint density at radius 3 is 1.91 bits per heavy atom. The molecule has 2 atom stereocenters. The molecule has 0 aliphatic rings. The number of carbonyl (C=O) groups excluding carboxylic acids is 1. The molecule has 23 heavy (non-hydrogen) atoms. The fourth-order valence-electron chi connectivity index (χ4n) is 3.04. The predicted molar refractivity (Wildman–Crippen MR) is 100 cm³/mol. The lowest BCUT2D eigenvalue weighted by atomic mass is 9.91. The zero-order chi connectivity index (χ0) is 17.5. The Bertz CT molecular complexity index is 307. The van der Waals surface area contributed by atoms with Crippen LogP contribution < -0.4 is 0 Å². The van der Waals surface area contributed by atoms with E-state index < -0.39 is 0 Å². The SMILES string of the molecule is C/C(=C/COC=O)CCCC(C)CCCC(C)CCCC(C)C. The molecule has 0 aliphatic carbocycles. The van der Waals surface area contributed by atoms with Gasteiger partial charge >= 0.3 is 0 Å².